The molecule has 6 rings (SSSR count). The van der Waals surface area contributed by atoms with Crippen molar-refractivity contribution in [2.45, 2.75) is 77.2 Å². The highest BCUT2D eigenvalue weighted by Gasteiger charge is 2.24. The van der Waals surface area contributed by atoms with Gasteiger partial charge in [-0.1, -0.05) is 93.8 Å². The Morgan fingerprint density at radius 2 is 1.54 bits per heavy atom. The van der Waals surface area contributed by atoms with Crippen molar-refractivity contribution in [1.82, 2.24) is 19.5 Å². The Bertz CT molecular complexity index is 1570. The van der Waals surface area contributed by atoms with Crippen molar-refractivity contribution in [2.24, 2.45) is 5.92 Å². The molecule has 1 saturated carbocycles. The number of imidazole rings is 1. The zero-order valence-electron chi connectivity index (χ0n) is 23.1. The third-order valence-electron chi connectivity index (χ3n) is 8.28. The topological polar surface area (TPSA) is 63.6 Å². The first-order valence-corrected chi connectivity index (χ1v) is 14.6. The fourth-order valence-corrected chi connectivity index (χ4v) is 6.35. The molecule has 0 aliphatic heterocycles. The first-order valence-electron chi connectivity index (χ1n) is 14.6. The van der Waals surface area contributed by atoms with Crippen LogP contribution in [0.1, 0.15) is 86.9 Å². The van der Waals surface area contributed by atoms with E-state index in [-0.39, 0.29) is 5.56 Å². The molecule has 5 nitrogen and oxygen atoms in total. The highest BCUT2D eigenvalue weighted by atomic mass is 16.1. The standard InChI is InChI=1S/C34H38N4O/c1-23(2)20-31-34(39)37-28-21-30-32(22-29(28)35-31)38(33(36-30)26-16-10-5-11-17-26)19-18-27(24-12-6-3-7-13-24)25-14-8-4-9-15-25/h3-4,6-9,12-15,21-23,26-27H,5,10-11,16-20H2,1-2H3,(H,37,39). The van der Waals surface area contributed by atoms with E-state index in [0.29, 0.717) is 29.9 Å². The van der Waals surface area contributed by atoms with E-state index in [4.69, 9.17) is 9.97 Å². The maximum absolute atomic E-state index is 12.7. The van der Waals surface area contributed by atoms with Gasteiger partial charge in [0.25, 0.3) is 5.56 Å². The molecule has 0 amide bonds. The second kappa shape index (κ2) is 11.2. The minimum atomic E-state index is -0.0870. The van der Waals surface area contributed by atoms with Crippen LogP contribution in [0, 0.1) is 5.92 Å². The van der Waals surface area contributed by atoms with Crippen molar-refractivity contribution in [3.8, 4) is 0 Å². The van der Waals surface area contributed by atoms with Gasteiger partial charge in [0, 0.05) is 18.4 Å². The Morgan fingerprint density at radius 1 is 0.872 bits per heavy atom. The lowest BCUT2D eigenvalue weighted by Crippen LogP contribution is -2.17. The molecular formula is C34H38N4O. The molecule has 39 heavy (non-hydrogen) atoms. The Balaban J connectivity index is 1.44. The fourth-order valence-electron chi connectivity index (χ4n) is 6.35. The van der Waals surface area contributed by atoms with Gasteiger partial charge in [0.15, 0.2) is 0 Å². The number of fused-ring (bicyclic) bond motifs is 2. The monoisotopic (exact) mass is 518 g/mol. The average molecular weight is 519 g/mol. The first-order chi connectivity index (χ1) is 19.1. The van der Waals surface area contributed by atoms with Crippen LogP contribution in [0.3, 0.4) is 0 Å². The Hall–Kier alpha value is -3.73. The van der Waals surface area contributed by atoms with Gasteiger partial charge >= 0.3 is 0 Å². The number of aryl methyl sites for hydroxylation is 1. The van der Waals surface area contributed by atoms with Crippen LogP contribution < -0.4 is 5.56 Å². The van der Waals surface area contributed by atoms with E-state index in [9.17, 15) is 4.79 Å². The molecule has 1 N–H and O–H groups in total. The summed E-state index contributed by atoms with van der Waals surface area (Å²) in [5.74, 6) is 2.35. The van der Waals surface area contributed by atoms with Crippen molar-refractivity contribution in [3.63, 3.8) is 0 Å². The number of hydrogen-bond donors (Lipinski definition) is 1. The van der Waals surface area contributed by atoms with Crippen LogP contribution in [0.5, 0.6) is 0 Å². The molecule has 0 saturated heterocycles. The molecule has 0 bridgehead atoms. The predicted octanol–water partition coefficient (Wildman–Crippen LogP) is 7.74. The van der Waals surface area contributed by atoms with Crippen molar-refractivity contribution >= 4 is 22.1 Å². The van der Waals surface area contributed by atoms with E-state index < -0.39 is 0 Å². The molecule has 1 aliphatic carbocycles. The molecule has 0 unspecified atom stereocenters. The quantitative estimate of drug-likeness (QED) is 0.228. The van der Waals surface area contributed by atoms with Gasteiger partial charge in [0.05, 0.1) is 22.1 Å². The number of H-pyrrole nitrogens is 1. The molecule has 0 spiro atoms. The molecule has 0 radical (unpaired) electrons. The maximum atomic E-state index is 12.7. The fraction of sp³-hybridized carbons (Fsp3) is 0.382. The van der Waals surface area contributed by atoms with Crippen LogP contribution in [-0.2, 0) is 13.0 Å². The van der Waals surface area contributed by atoms with Crippen LogP contribution in [0.15, 0.2) is 77.6 Å². The van der Waals surface area contributed by atoms with Gasteiger partial charge in [-0.05, 0) is 54.9 Å². The smallest absolute Gasteiger partial charge is 0.270 e. The highest BCUT2D eigenvalue weighted by molar-refractivity contribution is 5.91. The van der Waals surface area contributed by atoms with E-state index >= 15 is 0 Å². The van der Waals surface area contributed by atoms with Crippen LogP contribution in [0.2, 0.25) is 0 Å². The van der Waals surface area contributed by atoms with Gasteiger partial charge < -0.3 is 9.55 Å². The number of rotatable bonds is 8. The third-order valence-corrected chi connectivity index (χ3v) is 8.28. The number of nitrogens with zero attached hydrogens (tertiary/aromatic N) is 3. The summed E-state index contributed by atoms with van der Waals surface area (Å²) >= 11 is 0. The van der Waals surface area contributed by atoms with E-state index in [2.05, 4.69) is 90.1 Å². The molecule has 200 valence electrons. The Kier molecular flexibility index (Phi) is 7.32. The van der Waals surface area contributed by atoms with Gasteiger partial charge in [-0.3, -0.25) is 4.79 Å². The Labute approximate surface area is 230 Å². The van der Waals surface area contributed by atoms with Gasteiger partial charge in [-0.25, -0.2) is 9.97 Å². The number of hydrogen-bond acceptors (Lipinski definition) is 3. The van der Waals surface area contributed by atoms with Crippen LogP contribution in [-0.4, -0.2) is 19.5 Å². The van der Waals surface area contributed by atoms with Gasteiger partial charge in [-0.2, -0.15) is 0 Å². The molecule has 5 aromatic rings. The van der Waals surface area contributed by atoms with Crippen molar-refractivity contribution < 1.29 is 0 Å². The lowest BCUT2D eigenvalue weighted by atomic mass is 9.87. The van der Waals surface area contributed by atoms with Crippen LogP contribution in [0.25, 0.3) is 22.1 Å². The summed E-state index contributed by atoms with van der Waals surface area (Å²) in [5.41, 5.74) is 6.90. The molecule has 2 aromatic heterocycles. The Morgan fingerprint density at radius 3 is 2.18 bits per heavy atom. The lowest BCUT2D eigenvalue weighted by Gasteiger charge is -2.24. The zero-order chi connectivity index (χ0) is 26.8. The van der Waals surface area contributed by atoms with E-state index in [0.717, 1.165) is 35.0 Å². The van der Waals surface area contributed by atoms with Crippen LogP contribution in [0.4, 0.5) is 0 Å². The summed E-state index contributed by atoms with van der Waals surface area (Å²) in [6.45, 7) is 5.12. The maximum Gasteiger partial charge on any atom is 0.270 e. The summed E-state index contributed by atoms with van der Waals surface area (Å²) in [6, 6.07) is 25.9. The molecule has 1 fully saturated rings. The molecule has 2 heterocycles. The van der Waals surface area contributed by atoms with E-state index in [1.807, 2.05) is 6.07 Å². The summed E-state index contributed by atoms with van der Waals surface area (Å²) < 4.78 is 2.47. The summed E-state index contributed by atoms with van der Waals surface area (Å²) in [7, 11) is 0. The molecule has 1 aliphatic rings. The first kappa shape index (κ1) is 25.5. The lowest BCUT2D eigenvalue weighted by molar-refractivity contribution is 0.414. The minimum absolute atomic E-state index is 0.0870. The minimum Gasteiger partial charge on any atom is -0.328 e. The number of aromatic nitrogens is 4. The largest absolute Gasteiger partial charge is 0.328 e. The third kappa shape index (κ3) is 5.40. The van der Waals surface area contributed by atoms with Crippen molar-refractivity contribution in [3.05, 3.63) is 106 Å². The molecule has 5 heteroatoms. The van der Waals surface area contributed by atoms with Crippen molar-refractivity contribution in [1.29, 1.82) is 0 Å². The van der Waals surface area contributed by atoms with Gasteiger partial charge in [0.1, 0.15) is 11.5 Å². The van der Waals surface area contributed by atoms with Gasteiger partial charge in [0.2, 0.25) is 0 Å². The van der Waals surface area contributed by atoms with E-state index in [1.165, 1.54) is 49.1 Å². The van der Waals surface area contributed by atoms with E-state index in [1.54, 1.807) is 0 Å². The zero-order valence-corrected chi connectivity index (χ0v) is 23.1. The summed E-state index contributed by atoms with van der Waals surface area (Å²) in [5, 5.41) is 0. The number of nitrogens with one attached hydrogen (secondary N) is 1. The van der Waals surface area contributed by atoms with Crippen molar-refractivity contribution in [2.75, 3.05) is 0 Å². The van der Waals surface area contributed by atoms with Crippen LogP contribution >= 0.6 is 0 Å². The summed E-state index contributed by atoms with van der Waals surface area (Å²) in [4.78, 5) is 25.9. The SMILES string of the molecule is CC(C)Cc1nc2cc3c(cc2[nH]c1=O)nc(C1CCCCC1)n3CCC(c1ccccc1)c1ccccc1. The second-order valence-corrected chi connectivity index (χ2v) is 11.6. The highest BCUT2D eigenvalue weighted by Crippen LogP contribution is 2.36. The number of aromatic amines is 1. The molecule has 0 atom stereocenters. The normalized spacial score (nSPS) is 14.7. The average Bonchev–Trinajstić information content (AvgIpc) is 3.31. The second-order valence-electron chi connectivity index (χ2n) is 11.6. The van der Waals surface area contributed by atoms with Gasteiger partial charge in [-0.15, -0.1) is 0 Å². The number of benzene rings is 3. The molecular weight excluding hydrogens is 480 g/mol. The summed E-state index contributed by atoms with van der Waals surface area (Å²) in [6.07, 6.45) is 7.88. The molecule has 3 aromatic carbocycles. The predicted molar refractivity (Wildman–Crippen MR) is 159 cm³/mol.